The highest BCUT2D eigenvalue weighted by Gasteiger charge is 2.13. The quantitative estimate of drug-likeness (QED) is 0.543. The van der Waals surface area contributed by atoms with Crippen LogP contribution in [0.2, 0.25) is 0 Å². The van der Waals surface area contributed by atoms with Gasteiger partial charge >= 0.3 is 0 Å². The van der Waals surface area contributed by atoms with Crippen LogP contribution in [0.15, 0.2) is 60.1 Å². The van der Waals surface area contributed by atoms with Crippen molar-refractivity contribution in [1.29, 1.82) is 0 Å². The van der Waals surface area contributed by atoms with Crippen molar-refractivity contribution >= 4 is 33.8 Å². The zero-order valence-corrected chi connectivity index (χ0v) is 15.4. The highest BCUT2D eigenvalue weighted by atomic mass is 32.1. The minimum Gasteiger partial charge on any atom is -0.366 e. The monoisotopic (exact) mass is 394 g/mol. The van der Waals surface area contributed by atoms with Crippen molar-refractivity contribution in [2.75, 3.05) is 5.32 Å². The second-order valence-corrected chi connectivity index (χ2v) is 7.02. The summed E-state index contributed by atoms with van der Waals surface area (Å²) in [5.74, 6) is -1.01. The van der Waals surface area contributed by atoms with Crippen LogP contribution in [0.1, 0.15) is 16.1 Å². The molecule has 0 saturated heterocycles. The lowest BCUT2D eigenvalue weighted by molar-refractivity contribution is -0.115. The van der Waals surface area contributed by atoms with Crippen LogP contribution < -0.4 is 11.1 Å². The Morgan fingerprint density at radius 2 is 1.82 bits per heavy atom. The first-order chi connectivity index (χ1) is 13.5. The van der Waals surface area contributed by atoms with Crippen LogP contribution in [-0.4, -0.2) is 21.2 Å². The molecule has 2 aromatic heterocycles. The number of imidazole rings is 1. The number of thiazole rings is 1. The van der Waals surface area contributed by atoms with Gasteiger partial charge in [-0.2, -0.15) is 0 Å². The molecule has 0 spiro atoms. The Kier molecular flexibility index (Phi) is 4.62. The Bertz CT molecular complexity index is 1160. The summed E-state index contributed by atoms with van der Waals surface area (Å²) in [6.07, 6.45) is 2.00. The fourth-order valence-corrected chi connectivity index (χ4v) is 3.68. The topological polar surface area (TPSA) is 89.5 Å². The minimum atomic E-state index is -0.518. The Hall–Kier alpha value is -3.52. The number of aromatic nitrogens is 2. The van der Waals surface area contributed by atoms with E-state index in [-0.39, 0.29) is 18.1 Å². The van der Waals surface area contributed by atoms with Gasteiger partial charge in [0.25, 0.3) is 0 Å². The normalized spacial score (nSPS) is 10.9. The molecule has 0 atom stereocenters. The fourth-order valence-electron chi connectivity index (χ4n) is 2.80. The van der Waals surface area contributed by atoms with Crippen LogP contribution in [-0.2, 0) is 11.2 Å². The van der Waals surface area contributed by atoms with E-state index in [9.17, 15) is 14.0 Å². The molecule has 0 bridgehead atoms. The van der Waals surface area contributed by atoms with Crippen LogP contribution in [0.3, 0.4) is 0 Å². The molecule has 0 aliphatic rings. The van der Waals surface area contributed by atoms with Crippen LogP contribution >= 0.6 is 11.3 Å². The molecule has 0 unspecified atom stereocenters. The van der Waals surface area contributed by atoms with Gasteiger partial charge in [-0.3, -0.25) is 14.0 Å². The van der Waals surface area contributed by atoms with Crippen LogP contribution in [0, 0.1) is 5.82 Å². The van der Waals surface area contributed by atoms with E-state index >= 15 is 0 Å². The number of amides is 2. The second-order valence-electron chi connectivity index (χ2n) is 6.18. The first-order valence-corrected chi connectivity index (χ1v) is 9.29. The molecule has 28 heavy (non-hydrogen) atoms. The molecule has 0 radical (unpaired) electrons. The summed E-state index contributed by atoms with van der Waals surface area (Å²) in [6, 6.07) is 12.5. The Balaban J connectivity index is 1.50. The number of benzene rings is 2. The standard InChI is InChI=1S/C20H15FN4O2S/c21-14-5-1-12(2-6-14)17-10-25-16(11-28-20(25)24-17)9-18(26)23-15-7-3-13(4-8-15)19(22)27/h1-8,10-11H,9H2,(H2,22,27)(H,23,26). The molecule has 4 aromatic rings. The molecule has 2 aromatic carbocycles. The molecular weight excluding hydrogens is 379 g/mol. The first kappa shape index (κ1) is 17.9. The SMILES string of the molecule is NC(=O)c1ccc(NC(=O)Cc2csc3nc(-c4ccc(F)cc4)cn23)cc1. The molecule has 6 nitrogen and oxygen atoms in total. The summed E-state index contributed by atoms with van der Waals surface area (Å²) in [6.45, 7) is 0. The molecule has 0 fully saturated rings. The lowest BCUT2D eigenvalue weighted by Crippen LogP contribution is -2.16. The highest BCUT2D eigenvalue weighted by molar-refractivity contribution is 7.15. The van der Waals surface area contributed by atoms with Crippen molar-refractivity contribution in [1.82, 2.24) is 9.38 Å². The van der Waals surface area contributed by atoms with Crippen LogP contribution in [0.25, 0.3) is 16.2 Å². The predicted octanol–water partition coefficient (Wildman–Crippen LogP) is 3.48. The summed E-state index contributed by atoms with van der Waals surface area (Å²) in [4.78, 5) is 28.8. The van der Waals surface area contributed by atoms with Gasteiger partial charge in [-0.1, -0.05) is 0 Å². The van der Waals surface area contributed by atoms with Gasteiger partial charge in [0.2, 0.25) is 11.8 Å². The van der Waals surface area contributed by atoms with E-state index in [2.05, 4.69) is 10.3 Å². The van der Waals surface area contributed by atoms with Gasteiger partial charge in [0.05, 0.1) is 12.1 Å². The summed E-state index contributed by atoms with van der Waals surface area (Å²) in [5, 5.41) is 4.68. The number of carbonyl (C=O) groups is 2. The largest absolute Gasteiger partial charge is 0.366 e. The average molecular weight is 394 g/mol. The third kappa shape index (κ3) is 3.63. The number of nitrogens with one attached hydrogen (secondary N) is 1. The molecule has 4 rings (SSSR count). The number of halogens is 1. The maximum atomic E-state index is 13.1. The van der Waals surface area contributed by atoms with Gasteiger partial charge in [0.1, 0.15) is 5.82 Å². The van der Waals surface area contributed by atoms with E-state index in [1.807, 2.05) is 16.0 Å². The van der Waals surface area contributed by atoms with Crippen molar-refractivity contribution < 1.29 is 14.0 Å². The smallest absolute Gasteiger partial charge is 0.248 e. The van der Waals surface area contributed by atoms with E-state index < -0.39 is 5.91 Å². The van der Waals surface area contributed by atoms with Crippen molar-refractivity contribution in [3.05, 3.63) is 77.2 Å². The number of nitrogens with two attached hydrogens (primary N) is 1. The Labute approximate surface area is 163 Å². The summed E-state index contributed by atoms with van der Waals surface area (Å²) >= 11 is 1.43. The maximum absolute atomic E-state index is 13.1. The van der Waals surface area contributed by atoms with Crippen LogP contribution in [0.5, 0.6) is 0 Å². The van der Waals surface area contributed by atoms with Gasteiger partial charge in [0.15, 0.2) is 4.96 Å². The molecule has 3 N–H and O–H groups in total. The van der Waals surface area contributed by atoms with Crippen LogP contribution in [0.4, 0.5) is 10.1 Å². The maximum Gasteiger partial charge on any atom is 0.248 e. The zero-order chi connectivity index (χ0) is 19.7. The number of anilines is 1. The molecule has 0 aliphatic carbocycles. The molecule has 8 heteroatoms. The van der Waals surface area contributed by atoms with Crippen molar-refractivity contribution in [2.24, 2.45) is 5.73 Å². The van der Waals surface area contributed by atoms with Gasteiger partial charge in [-0.05, 0) is 48.5 Å². The Morgan fingerprint density at radius 1 is 1.11 bits per heavy atom. The first-order valence-electron chi connectivity index (χ1n) is 8.41. The third-order valence-corrected chi connectivity index (χ3v) is 5.11. The van der Waals surface area contributed by atoms with Crippen molar-refractivity contribution in [3.8, 4) is 11.3 Å². The van der Waals surface area contributed by atoms with Crippen molar-refractivity contribution in [3.63, 3.8) is 0 Å². The van der Waals surface area contributed by atoms with E-state index in [1.165, 1.54) is 23.5 Å². The van der Waals surface area contributed by atoms with E-state index in [4.69, 9.17) is 5.73 Å². The number of hydrogen-bond donors (Lipinski definition) is 2. The Morgan fingerprint density at radius 3 is 2.50 bits per heavy atom. The number of hydrogen-bond acceptors (Lipinski definition) is 4. The molecule has 140 valence electrons. The predicted molar refractivity (Wildman–Crippen MR) is 106 cm³/mol. The summed E-state index contributed by atoms with van der Waals surface area (Å²) < 4.78 is 15.0. The third-order valence-electron chi connectivity index (χ3n) is 4.22. The van der Waals surface area contributed by atoms with Crippen molar-refractivity contribution in [2.45, 2.75) is 6.42 Å². The number of primary amides is 1. The van der Waals surface area contributed by atoms with Gasteiger partial charge in [-0.15, -0.1) is 11.3 Å². The molecule has 2 amide bonds. The fraction of sp³-hybridized carbons (Fsp3) is 0.0500. The minimum absolute atomic E-state index is 0.163. The number of carbonyl (C=O) groups excluding carboxylic acids is 2. The average Bonchev–Trinajstić information content (AvgIpc) is 3.25. The summed E-state index contributed by atoms with van der Waals surface area (Å²) in [5.41, 5.74) is 8.49. The van der Waals surface area contributed by atoms with Gasteiger partial charge < -0.3 is 11.1 Å². The lowest BCUT2D eigenvalue weighted by Gasteiger charge is -2.05. The number of nitrogens with zero attached hydrogens (tertiary/aromatic N) is 2. The highest BCUT2D eigenvalue weighted by Crippen LogP contribution is 2.24. The molecule has 0 aliphatic heterocycles. The lowest BCUT2D eigenvalue weighted by atomic mass is 10.2. The molecule has 2 heterocycles. The zero-order valence-electron chi connectivity index (χ0n) is 14.6. The summed E-state index contributed by atoms with van der Waals surface area (Å²) in [7, 11) is 0. The van der Waals surface area contributed by atoms with Gasteiger partial charge in [0, 0.05) is 34.1 Å². The van der Waals surface area contributed by atoms with E-state index in [1.54, 1.807) is 36.4 Å². The molecular formula is C20H15FN4O2S. The van der Waals surface area contributed by atoms with Gasteiger partial charge in [-0.25, -0.2) is 9.37 Å². The number of fused-ring (bicyclic) bond motifs is 1. The van der Waals surface area contributed by atoms with E-state index in [0.29, 0.717) is 11.3 Å². The van der Waals surface area contributed by atoms with E-state index in [0.717, 1.165) is 21.9 Å². The number of rotatable bonds is 5. The second kappa shape index (κ2) is 7.24. The molecule has 0 saturated carbocycles.